The molecule has 2 aliphatic heterocycles. The van der Waals surface area contributed by atoms with E-state index in [1.807, 2.05) is 0 Å². The molecule has 6 nitrogen and oxygen atoms in total. The van der Waals surface area contributed by atoms with Crippen molar-refractivity contribution in [3.63, 3.8) is 0 Å². The normalized spacial score (nSPS) is 25.5. The first-order valence-corrected chi connectivity index (χ1v) is 11.7. The van der Waals surface area contributed by atoms with Gasteiger partial charge in [0, 0.05) is 23.9 Å². The number of imide groups is 1. The Morgan fingerprint density at radius 2 is 1.65 bits per heavy atom. The van der Waals surface area contributed by atoms with E-state index in [2.05, 4.69) is 10.1 Å². The highest BCUT2D eigenvalue weighted by atomic mass is 19.1. The van der Waals surface area contributed by atoms with Crippen molar-refractivity contribution in [3.05, 3.63) is 29.7 Å². The molecule has 1 saturated carbocycles. The summed E-state index contributed by atoms with van der Waals surface area (Å²) in [5.74, 6) is 0.117. The summed E-state index contributed by atoms with van der Waals surface area (Å²) < 4.78 is 18.7. The van der Waals surface area contributed by atoms with Gasteiger partial charge in [-0.25, -0.2) is 4.39 Å². The van der Waals surface area contributed by atoms with Crippen LogP contribution in [0, 0.1) is 17.7 Å². The van der Waals surface area contributed by atoms with Crippen LogP contribution in [0.25, 0.3) is 11.0 Å². The standard InChI is InChI=1S/C24H30FN3O3/c25-17-7-8-20-21(15-17)31-26-22(20)16-9-13-27(14-10-16)11-3-4-12-28-23(29)18-5-1-2-6-19(18)24(28)30/h7-8,15-16,18-19H,1-6,9-14H2/t18-,19+. The summed E-state index contributed by atoms with van der Waals surface area (Å²) in [6, 6.07) is 4.62. The molecule has 0 spiro atoms. The molecule has 5 rings (SSSR count). The van der Waals surface area contributed by atoms with Crippen LogP contribution in [0.5, 0.6) is 0 Å². The number of benzene rings is 1. The lowest BCUT2D eigenvalue weighted by atomic mass is 9.81. The Hall–Kier alpha value is -2.28. The monoisotopic (exact) mass is 427 g/mol. The zero-order valence-electron chi connectivity index (χ0n) is 17.9. The largest absolute Gasteiger partial charge is 0.356 e. The van der Waals surface area contributed by atoms with Crippen molar-refractivity contribution < 1.29 is 18.5 Å². The van der Waals surface area contributed by atoms with Crippen molar-refractivity contribution in [1.82, 2.24) is 15.0 Å². The number of aromatic nitrogens is 1. The van der Waals surface area contributed by atoms with Gasteiger partial charge in [-0.05, 0) is 70.3 Å². The minimum Gasteiger partial charge on any atom is -0.356 e. The molecule has 1 aromatic heterocycles. The first kappa shape index (κ1) is 20.6. The van der Waals surface area contributed by atoms with Gasteiger partial charge in [-0.3, -0.25) is 14.5 Å². The zero-order chi connectivity index (χ0) is 21.4. The van der Waals surface area contributed by atoms with Gasteiger partial charge < -0.3 is 9.42 Å². The minimum absolute atomic E-state index is 0.0376. The van der Waals surface area contributed by atoms with Gasteiger partial charge in [-0.1, -0.05) is 18.0 Å². The predicted molar refractivity (Wildman–Crippen MR) is 114 cm³/mol. The van der Waals surface area contributed by atoms with Crippen LogP contribution < -0.4 is 0 Å². The quantitative estimate of drug-likeness (QED) is 0.513. The summed E-state index contributed by atoms with van der Waals surface area (Å²) in [5.41, 5.74) is 1.46. The van der Waals surface area contributed by atoms with E-state index < -0.39 is 0 Å². The Morgan fingerprint density at radius 1 is 0.968 bits per heavy atom. The fourth-order valence-corrected chi connectivity index (χ4v) is 5.71. The van der Waals surface area contributed by atoms with E-state index in [1.165, 1.54) is 12.1 Å². The lowest BCUT2D eigenvalue weighted by molar-refractivity contribution is -0.140. The Kier molecular flexibility index (Phi) is 5.78. The number of carbonyl (C=O) groups is 2. The fourth-order valence-electron chi connectivity index (χ4n) is 5.71. The molecular weight excluding hydrogens is 397 g/mol. The van der Waals surface area contributed by atoms with Crippen LogP contribution in [0.2, 0.25) is 0 Å². The lowest BCUT2D eigenvalue weighted by Crippen LogP contribution is -2.35. The number of amides is 2. The van der Waals surface area contributed by atoms with E-state index in [1.54, 1.807) is 11.0 Å². The number of hydrogen-bond donors (Lipinski definition) is 0. The van der Waals surface area contributed by atoms with Crippen molar-refractivity contribution in [2.45, 2.75) is 57.3 Å². The van der Waals surface area contributed by atoms with Crippen molar-refractivity contribution in [1.29, 1.82) is 0 Å². The van der Waals surface area contributed by atoms with E-state index in [4.69, 9.17) is 4.52 Å². The van der Waals surface area contributed by atoms with Crippen LogP contribution in [-0.2, 0) is 9.59 Å². The van der Waals surface area contributed by atoms with Crippen LogP contribution in [0.1, 0.15) is 63.0 Å². The number of halogens is 1. The second-order valence-electron chi connectivity index (χ2n) is 9.36. The highest BCUT2D eigenvalue weighted by Crippen LogP contribution is 2.38. The summed E-state index contributed by atoms with van der Waals surface area (Å²) >= 11 is 0. The maximum Gasteiger partial charge on any atom is 0.233 e. The van der Waals surface area contributed by atoms with Crippen molar-refractivity contribution in [2.75, 3.05) is 26.2 Å². The molecule has 2 saturated heterocycles. The number of unbranched alkanes of at least 4 members (excludes halogenated alkanes) is 1. The van der Waals surface area contributed by atoms with E-state index in [0.29, 0.717) is 18.0 Å². The topological polar surface area (TPSA) is 66.7 Å². The first-order valence-electron chi connectivity index (χ1n) is 11.7. The summed E-state index contributed by atoms with van der Waals surface area (Å²) in [6.07, 6.45) is 7.79. The molecule has 2 aromatic rings. The van der Waals surface area contributed by atoms with Crippen LogP contribution in [-0.4, -0.2) is 52.9 Å². The molecule has 2 atom stereocenters. The molecule has 3 heterocycles. The number of hydrogen-bond acceptors (Lipinski definition) is 5. The average molecular weight is 428 g/mol. The molecule has 1 aliphatic carbocycles. The fraction of sp³-hybridized carbons (Fsp3) is 0.625. The number of carbonyl (C=O) groups excluding carboxylic acids is 2. The Balaban J connectivity index is 1.07. The number of piperidine rings is 1. The van der Waals surface area contributed by atoms with Crippen molar-refractivity contribution in [2.24, 2.45) is 11.8 Å². The molecule has 3 aliphatic rings. The van der Waals surface area contributed by atoms with Crippen molar-refractivity contribution in [3.8, 4) is 0 Å². The maximum atomic E-state index is 13.4. The predicted octanol–water partition coefficient (Wildman–Crippen LogP) is 4.10. The molecule has 2 amide bonds. The van der Waals surface area contributed by atoms with Crippen molar-refractivity contribution >= 4 is 22.8 Å². The van der Waals surface area contributed by atoms with Crippen LogP contribution in [0.15, 0.2) is 22.7 Å². The summed E-state index contributed by atoms with van der Waals surface area (Å²) in [5, 5.41) is 5.14. The maximum absolute atomic E-state index is 13.4. The highest BCUT2D eigenvalue weighted by Gasteiger charge is 2.47. The Morgan fingerprint density at radius 3 is 2.35 bits per heavy atom. The van der Waals surface area contributed by atoms with E-state index >= 15 is 0 Å². The SMILES string of the molecule is O=C1[C@H]2CCCC[C@H]2C(=O)N1CCCCN1CCC(c2noc3cc(F)ccc23)CC1. The van der Waals surface area contributed by atoms with Gasteiger partial charge in [-0.15, -0.1) is 0 Å². The lowest BCUT2D eigenvalue weighted by Gasteiger charge is -2.31. The van der Waals surface area contributed by atoms with Gasteiger partial charge in [0.2, 0.25) is 11.8 Å². The summed E-state index contributed by atoms with van der Waals surface area (Å²) in [4.78, 5) is 29.1. The number of rotatable bonds is 6. The molecule has 166 valence electrons. The smallest absolute Gasteiger partial charge is 0.233 e. The Bertz CT molecular complexity index is 942. The van der Waals surface area contributed by atoms with Crippen LogP contribution in [0.4, 0.5) is 4.39 Å². The molecule has 7 heteroatoms. The average Bonchev–Trinajstić information content (AvgIpc) is 3.31. The molecular formula is C24H30FN3O3. The van der Waals surface area contributed by atoms with Crippen LogP contribution in [0.3, 0.4) is 0 Å². The second-order valence-corrected chi connectivity index (χ2v) is 9.36. The van der Waals surface area contributed by atoms with E-state index in [-0.39, 0.29) is 29.5 Å². The van der Waals surface area contributed by atoms with Gasteiger partial charge >= 0.3 is 0 Å². The summed E-state index contributed by atoms with van der Waals surface area (Å²) in [7, 11) is 0. The van der Waals surface area contributed by atoms with Gasteiger partial charge in [0.25, 0.3) is 0 Å². The minimum atomic E-state index is -0.305. The van der Waals surface area contributed by atoms with E-state index in [9.17, 15) is 14.0 Å². The molecule has 0 bridgehead atoms. The summed E-state index contributed by atoms with van der Waals surface area (Å²) in [6.45, 7) is 3.54. The Labute approximate surface area is 181 Å². The van der Waals surface area contributed by atoms with E-state index in [0.717, 1.165) is 82.1 Å². The van der Waals surface area contributed by atoms with Gasteiger partial charge in [0.1, 0.15) is 5.82 Å². The molecule has 0 unspecified atom stereocenters. The number of likely N-dealkylation sites (tertiary alicyclic amines) is 2. The zero-order valence-corrected chi connectivity index (χ0v) is 17.9. The van der Waals surface area contributed by atoms with Gasteiger partial charge in [0.05, 0.1) is 17.5 Å². The molecule has 1 aromatic carbocycles. The molecule has 0 N–H and O–H groups in total. The van der Waals surface area contributed by atoms with Gasteiger partial charge in [-0.2, -0.15) is 0 Å². The third kappa shape index (κ3) is 4.00. The third-order valence-electron chi connectivity index (χ3n) is 7.47. The first-order chi connectivity index (χ1) is 15.1. The molecule has 3 fully saturated rings. The molecule has 0 radical (unpaired) electrons. The molecule has 31 heavy (non-hydrogen) atoms. The number of nitrogens with zero attached hydrogens (tertiary/aromatic N) is 3. The van der Waals surface area contributed by atoms with Gasteiger partial charge in [0.15, 0.2) is 5.58 Å². The second kappa shape index (κ2) is 8.69. The highest BCUT2D eigenvalue weighted by molar-refractivity contribution is 6.05. The number of fused-ring (bicyclic) bond motifs is 2. The third-order valence-corrected chi connectivity index (χ3v) is 7.47. The van der Waals surface area contributed by atoms with Crippen LogP contribution >= 0.6 is 0 Å².